The first-order chi connectivity index (χ1) is 10.7. The molecule has 118 valence electrons. The number of methoxy groups -OCH3 is 1. The Morgan fingerprint density at radius 2 is 2.09 bits per heavy atom. The van der Waals surface area contributed by atoms with Crippen LogP contribution in [-0.2, 0) is 27.5 Å². The molecule has 0 aliphatic carbocycles. The lowest BCUT2D eigenvalue weighted by atomic mass is 10.2. The second kappa shape index (κ2) is 7.93. The van der Waals surface area contributed by atoms with Gasteiger partial charge < -0.3 is 9.47 Å². The first-order valence-electron chi connectivity index (χ1n) is 6.65. The maximum atomic E-state index is 11.3. The molecule has 0 radical (unpaired) electrons. The Morgan fingerprint density at radius 1 is 1.32 bits per heavy atom. The summed E-state index contributed by atoms with van der Waals surface area (Å²) in [6.45, 7) is 2.26. The van der Waals surface area contributed by atoms with Gasteiger partial charge in [-0.3, -0.25) is 4.84 Å². The lowest BCUT2D eigenvalue weighted by Crippen LogP contribution is -2.15. The number of rotatable bonds is 8. The Kier molecular flexibility index (Phi) is 5.66. The van der Waals surface area contributed by atoms with E-state index in [1.54, 1.807) is 14.0 Å². The summed E-state index contributed by atoms with van der Waals surface area (Å²) in [5.74, 6) is 0.517. The van der Waals surface area contributed by atoms with E-state index >= 15 is 0 Å². The van der Waals surface area contributed by atoms with E-state index in [1.807, 2.05) is 24.3 Å². The van der Waals surface area contributed by atoms with Gasteiger partial charge >= 0.3 is 5.97 Å². The van der Waals surface area contributed by atoms with Gasteiger partial charge in [-0.25, -0.2) is 10.3 Å². The number of benzene rings is 1. The van der Waals surface area contributed by atoms with Crippen LogP contribution in [-0.4, -0.2) is 39.9 Å². The molecular weight excluding hydrogens is 290 g/mol. The second-order valence-corrected chi connectivity index (χ2v) is 4.19. The largest absolute Gasteiger partial charge is 0.497 e. The normalized spacial score (nSPS) is 10.3. The monoisotopic (exact) mass is 307 g/mol. The number of tetrazole rings is 1. The zero-order valence-corrected chi connectivity index (χ0v) is 12.4. The van der Waals surface area contributed by atoms with E-state index in [0.29, 0.717) is 13.2 Å². The molecule has 1 N–H and O–H groups in total. The number of esters is 1. The summed E-state index contributed by atoms with van der Waals surface area (Å²) in [4.78, 5) is 17.6. The topological polar surface area (TPSA) is 100 Å². The smallest absolute Gasteiger partial charge is 0.329 e. The first kappa shape index (κ1) is 15.7. The highest BCUT2D eigenvalue weighted by Gasteiger charge is 2.08. The van der Waals surface area contributed by atoms with Gasteiger partial charge in [-0.2, -0.15) is 4.80 Å². The number of nitrogens with one attached hydrogen (secondary N) is 1. The average Bonchev–Trinajstić information content (AvgIpc) is 2.95. The fourth-order valence-electron chi connectivity index (χ4n) is 1.58. The van der Waals surface area contributed by atoms with E-state index < -0.39 is 5.97 Å². The predicted molar refractivity (Wildman–Crippen MR) is 75.9 cm³/mol. The standard InChI is InChI=1S/C13H17N5O4/c1-3-21-12(19)8-18-15-13(14-17-18)16-22-9-10-4-6-11(20-2)7-5-10/h4-7H,3,8-9H2,1-2H3,(H,15,16). The van der Waals surface area contributed by atoms with Gasteiger partial charge in [-0.15, -0.1) is 5.10 Å². The van der Waals surface area contributed by atoms with Gasteiger partial charge in [0.15, 0.2) is 6.54 Å². The van der Waals surface area contributed by atoms with Gasteiger partial charge in [-0.1, -0.05) is 17.2 Å². The summed E-state index contributed by atoms with van der Waals surface area (Å²) >= 11 is 0. The van der Waals surface area contributed by atoms with Gasteiger partial charge in [0.1, 0.15) is 5.75 Å². The van der Waals surface area contributed by atoms with Crippen LogP contribution in [0.3, 0.4) is 0 Å². The molecule has 9 heteroatoms. The number of hydrogen-bond acceptors (Lipinski definition) is 8. The summed E-state index contributed by atoms with van der Waals surface area (Å²) in [5.41, 5.74) is 3.51. The molecule has 0 amide bonds. The number of aromatic nitrogens is 4. The number of hydrogen-bond donors (Lipinski definition) is 1. The van der Waals surface area contributed by atoms with Crippen molar-refractivity contribution in [3.05, 3.63) is 29.8 Å². The Hall–Kier alpha value is -2.68. The number of carbonyl (C=O) groups excluding carboxylic acids is 1. The van der Waals surface area contributed by atoms with Crippen molar-refractivity contribution in [1.29, 1.82) is 0 Å². The molecule has 0 saturated carbocycles. The van der Waals surface area contributed by atoms with Crippen LogP contribution in [0.2, 0.25) is 0 Å². The van der Waals surface area contributed by atoms with Crippen LogP contribution >= 0.6 is 0 Å². The van der Waals surface area contributed by atoms with Crippen LogP contribution in [0.25, 0.3) is 0 Å². The van der Waals surface area contributed by atoms with Crippen molar-refractivity contribution in [1.82, 2.24) is 20.2 Å². The summed E-state index contributed by atoms with van der Waals surface area (Å²) in [5, 5.41) is 11.3. The summed E-state index contributed by atoms with van der Waals surface area (Å²) in [7, 11) is 1.61. The van der Waals surface area contributed by atoms with Crippen LogP contribution in [0, 0.1) is 0 Å². The van der Waals surface area contributed by atoms with Crippen molar-refractivity contribution in [2.45, 2.75) is 20.1 Å². The van der Waals surface area contributed by atoms with E-state index in [0.717, 1.165) is 16.1 Å². The maximum absolute atomic E-state index is 11.3. The van der Waals surface area contributed by atoms with E-state index in [2.05, 4.69) is 20.9 Å². The quantitative estimate of drug-likeness (QED) is 0.564. The minimum atomic E-state index is -0.425. The maximum Gasteiger partial charge on any atom is 0.329 e. The Balaban J connectivity index is 1.77. The summed E-state index contributed by atoms with van der Waals surface area (Å²) in [6.07, 6.45) is 0. The molecule has 0 atom stereocenters. The lowest BCUT2D eigenvalue weighted by molar-refractivity contribution is -0.144. The molecular formula is C13H17N5O4. The van der Waals surface area contributed by atoms with Crippen LogP contribution in [0.1, 0.15) is 12.5 Å². The third-order valence-electron chi connectivity index (χ3n) is 2.59. The van der Waals surface area contributed by atoms with Crippen molar-refractivity contribution >= 4 is 11.9 Å². The lowest BCUT2D eigenvalue weighted by Gasteiger charge is -2.04. The Labute approximate surface area is 127 Å². The van der Waals surface area contributed by atoms with Crippen LogP contribution in [0.5, 0.6) is 5.75 Å². The molecule has 2 rings (SSSR count). The van der Waals surface area contributed by atoms with Crippen molar-refractivity contribution in [3.8, 4) is 5.75 Å². The summed E-state index contributed by atoms with van der Waals surface area (Å²) in [6, 6.07) is 7.44. The van der Waals surface area contributed by atoms with Crippen LogP contribution in [0.15, 0.2) is 24.3 Å². The van der Waals surface area contributed by atoms with Crippen molar-refractivity contribution < 1.29 is 19.1 Å². The molecule has 0 saturated heterocycles. The van der Waals surface area contributed by atoms with E-state index in [1.165, 1.54) is 0 Å². The second-order valence-electron chi connectivity index (χ2n) is 4.19. The third kappa shape index (κ3) is 4.70. The number of ether oxygens (including phenoxy) is 2. The minimum Gasteiger partial charge on any atom is -0.497 e. The predicted octanol–water partition coefficient (Wildman–Crippen LogP) is 0.788. The molecule has 9 nitrogen and oxygen atoms in total. The zero-order valence-electron chi connectivity index (χ0n) is 12.4. The molecule has 0 unspecified atom stereocenters. The van der Waals surface area contributed by atoms with Gasteiger partial charge in [-0.05, 0) is 29.8 Å². The highest BCUT2D eigenvalue weighted by atomic mass is 16.6. The molecule has 0 bridgehead atoms. The van der Waals surface area contributed by atoms with Gasteiger partial charge in [0, 0.05) is 0 Å². The molecule has 22 heavy (non-hydrogen) atoms. The van der Waals surface area contributed by atoms with E-state index in [-0.39, 0.29) is 12.5 Å². The van der Waals surface area contributed by atoms with Gasteiger partial charge in [0.2, 0.25) is 0 Å². The Bertz CT molecular complexity index is 599. The van der Waals surface area contributed by atoms with Crippen molar-refractivity contribution in [2.75, 3.05) is 19.2 Å². The zero-order chi connectivity index (χ0) is 15.8. The molecule has 0 spiro atoms. The van der Waals surface area contributed by atoms with E-state index in [4.69, 9.17) is 14.3 Å². The molecule has 1 aromatic heterocycles. The SMILES string of the molecule is CCOC(=O)Cn1nnc(NOCc2ccc(OC)cc2)n1. The molecule has 1 heterocycles. The third-order valence-corrected chi connectivity index (χ3v) is 2.59. The molecule has 0 aliphatic rings. The van der Waals surface area contributed by atoms with Crippen LogP contribution < -0.4 is 10.2 Å². The van der Waals surface area contributed by atoms with Gasteiger partial charge in [0.05, 0.1) is 20.3 Å². The molecule has 0 fully saturated rings. The van der Waals surface area contributed by atoms with E-state index in [9.17, 15) is 4.79 Å². The fraction of sp³-hybridized carbons (Fsp3) is 0.385. The highest BCUT2D eigenvalue weighted by molar-refractivity contribution is 5.68. The molecule has 1 aromatic carbocycles. The number of anilines is 1. The number of carbonyl (C=O) groups is 1. The minimum absolute atomic E-state index is 0.0962. The Morgan fingerprint density at radius 3 is 2.77 bits per heavy atom. The van der Waals surface area contributed by atoms with Crippen molar-refractivity contribution in [2.24, 2.45) is 0 Å². The fourth-order valence-corrected chi connectivity index (χ4v) is 1.58. The first-order valence-corrected chi connectivity index (χ1v) is 6.65. The highest BCUT2D eigenvalue weighted by Crippen LogP contribution is 2.11. The summed E-state index contributed by atoms with van der Waals surface area (Å²) < 4.78 is 9.85. The molecule has 0 aliphatic heterocycles. The van der Waals surface area contributed by atoms with Gasteiger partial charge in [0.25, 0.3) is 5.95 Å². The van der Waals surface area contributed by atoms with Crippen LogP contribution in [0.4, 0.5) is 5.95 Å². The average molecular weight is 307 g/mol. The molecule has 2 aromatic rings. The van der Waals surface area contributed by atoms with Crippen molar-refractivity contribution in [3.63, 3.8) is 0 Å². The number of nitrogens with zero attached hydrogens (tertiary/aromatic N) is 4.